The van der Waals surface area contributed by atoms with Gasteiger partial charge in [-0.2, -0.15) is 0 Å². The maximum atomic E-state index is 13.0. The second-order valence-corrected chi connectivity index (χ2v) is 8.35. The van der Waals surface area contributed by atoms with E-state index in [4.69, 9.17) is 4.74 Å². The Morgan fingerprint density at radius 1 is 1.36 bits per heavy atom. The van der Waals surface area contributed by atoms with Crippen molar-refractivity contribution < 1.29 is 9.53 Å². The Hall–Kier alpha value is -2.58. The summed E-state index contributed by atoms with van der Waals surface area (Å²) in [7, 11) is 0. The Labute approximate surface area is 166 Å². The lowest BCUT2D eigenvalue weighted by Gasteiger charge is -2.32. The zero-order valence-electron chi connectivity index (χ0n) is 15.9. The number of nitrogens with zero attached hydrogens (tertiary/aromatic N) is 3. The second kappa shape index (κ2) is 7.44. The van der Waals surface area contributed by atoms with Gasteiger partial charge >= 0.3 is 0 Å². The Morgan fingerprint density at radius 2 is 2.14 bits per heavy atom. The molecule has 7 nitrogen and oxygen atoms in total. The van der Waals surface area contributed by atoms with Crippen molar-refractivity contribution >= 4 is 27.5 Å². The quantitative estimate of drug-likeness (QED) is 0.713. The molecule has 4 rings (SSSR count). The van der Waals surface area contributed by atoms with Crippen LogP contribution in [-0.2, 0) is 35.6 Å². The van der Waals surface area contributed by atoms with Crippen molar-refractivity contribution in [2.24, 2.45) is 0 Å². The molecule has 0 spiro atoms. The summed E-state index contributed by atoms with van der Waals surface area (Å²) < 4.78 is 7.12. The van der Waals surface area contributed by atoms with Crippen molar-refractivity contribution in [2.45, 2.75) is 52.0 Å². The maximum Gasteiger partial charge on any atom is 0.279 e. The second-order valence-electron chi connectivity index (χ2n) is 7.27. The number of carbonyl (C=O) groups is 1. The van der Waals surface area contributed by atoms with Crippen molar-refractivity contribution in [3.8, 4) is 0 Å². The topological polar surface area (TPSA) is 86.1 Å². The fourth-order valence-electron chi connectivity index (χ4n) is 3.34. The van der Waals surface area contributed by atoms with Crippen LogP contribution >= 0.6 is 11.3 Å². The highest BCUT2D eigenvalue weighted by Gasteiger charge is 2.33. The SMILES string of the molecule is CC[C@]1(C)Cc2c(sc3nnn(CC(=O)NCc4ccccc4)c(=O)c23)CO1. The molecule has 28 heavy (non-hydrogen) atoms. The normalized spacial score (nSPS) is 18.8. The molecule has 0 saturated heterocycles. The summed E-state index contributed by atoms with van der Waals surface area (Å²) in [6.07, 6.45) is 1.53. The first-order valence-electron chi connectivity index (χ1n) is 9.32. The predicted molar refractivity (Wildman–Crippen MR) is 107 cm³/mol. The average Bonchev–Trinajstić information content (AvgIpc) is 3.07. The van der Waals surface area contributed by atoms with Crippen molar-refractivity contribution in [2.75, 3.05) is 0 Å². The Bertz CT molecular complexity index is 1080. The monoisotopic (exact) mass is 398 g/mol. The van der Waals surface area contributed by atoms with Crippen molar-refractivity contribution in [1.82, 2.24) is 20.3 Å². The summed E-state index contributed by atoms with van der Waals surface area (Å²) >= 11 is 1.45. The number of thiophene rings is 1. The van der Waals surface area contributed by atoms with Gasteiger partial charge in [-0.15, -0.1) is 16.4 Å². The molecule has 8 heteroatoms. The molecule has 3 heterocycles. The van der Waals surface area contributed by atoms with E-state index in [2.05, 4.69) is 29.5 Å². The minimum Gasteiger partial charge on any atom is -0.369 e. The molecule has 1 N–H and O–H groups in total. The average molecular weight is 398 g/mol. The van der Waals surface area contributed by atoms with Gasteiger partial charge in [-0.1, -0.05) is 42.5 Å². The first-order chi connectivity index (χ1) is 13.5. The maximum absolute atomic E-state index is 13.0. The lowest BCUT2D eigenvalue weighted by atomic mass is 9.90. The summed E-state index contributed by atoms with van der Waals surface area (Å²) in [5, 5.41) is 11.5. The molecule has 0 aliphatic carbocycles. The summed E-state index contributed by atoms with van der Waals surface area (Å²) in [5.41, 5.74) is 1.44. The molecule has 0 unspecified atom stereocenters. The van der Waals surface area contributed by atoms with E-state index in [-0.39, 0.29) is 23.6 Å². The molecule has 146 valence electrons. The van der Waals surface area contributed by atoms with Crippen LogP contribution in [0.1, 0.15) is 36.3 Å². The van der Waals surface area contributed by atoms with E-state index in [1.807, 2.05) is 30.3 Å². The smallest absolute Gasteiger partial charge is 0.279 e. The molecule has 2 aromatic heterocycles. The number of benzene rings is 1. The number of aromatic nitrogens is 3. The van der Waals surface area contributed by atoms with Gasteiger partial charge in [0.05, 0.1) is 17.6 Å². The highest BCUT2D eigenvalue weighted by molar-refractivity contribution is 7.18. The van der Waals surface area contributed by atoms with E-state index in [1.54, 1.807) is 0 Å². The van der Waals surface area contributed by atoms with Gasteiger partial charge in [0, 0.05) is 17.8 Å². The van der Waals surface area contributed by atoms with E-state index < -0.39 is 0 Å². The molecule has 1 atom stereocenters. The van der Waals surface area contributed by atoms with Gasteiger partial charge in [0.2, 0.25) is 5.91 Å². The zero-order chi connectivity index (χ0) is 19.7. The van der Waals surface area contributed by atoms with E-state index in [1.165, 1.54) is 11.3 Å². The van der Waals surface area contributed by atoms with Gasteiger partial charge in [0.15, 0.2) is 4.83 Å². The molecular formula is C20H22N4O3S. The molecular weight excluding hydrogens is 376 g/mol. The van der Waals surface area contributed by atoms with Crippen molar-refractivity contribution in [3.05, 3.63) is 56.7 Å². The van der Waals surface area contributed by atoms with Crippen LogP contribution in [0.4, 0.5) is 0 Å². The van der Waals surface area contributed by atoms with Crippen LogP contribution in [-0.4, -0.2) is 26.5 Å². The minimum atomic E-state index is -0.283. The van der Waals surface area contributed by atoms with Crippen LogP contribution in [0.25, 0.3) is 10.2 Å². The molecule has 3 aromatic rings. The van der Waals surface area contributed by atoms with Gasteiger partial charge in [-0.05, 0) is 24.5 Å². The number of amides is 1. The summed E-state index contributed by atoms with van der Waals surface area (Å²) in [6, 6.07) is 9.62. The van der Waals surface area contributed by atoms with Gasteiger partial charge in [-0.3, -0.25) is 9.59 Å². The minimum absolute atomic E-state index is 0.152. The van der Waals surface area contributed by atoms with Crippen LogP contribution < -0.4 is 10.9 Å². The number of hydrogen-bond donors (Lipinski definition) is 1. The third kappa shape index (κ3) is 3.57. The third-order valence-electron chi connectivity index (χ3n) is 5.24. The number of nitrogens with one attached hydrogen (secondary N) is 1. The van der Waals surface area contributed by atoms with E-state index in [9.17, 15) is 9.59 Å². The lowest BCUT2D eigenvalue weighted by molar-refractivity contribution is -0.122. The summed E-state index contributed by atoms with van der Waals surface area (Å²) in [6.45, 7) is 4.88. The summed E-state index contributed by atoms with van der Waals surface area (Å²) in [5.74, 6) is -0.273. The van der Waals surface area contributed by atoms with E-state index in [0.29, 0.717) is 29.8 Å². The number of rotatable bonds is 5. The standard InChI is InChI=1S/C20H22N4O3S/c1-3-20(2)9-14-15(12-27-20)28-18-17(14)19(26)24(23-22-18)11-16(25)21-10-13-7-5-4-6-8-13/h4-8H,3,9-12H2,1-2H3,(H,21,25)/t20-/m1/s1. The van der Waals surface area contributed by atoms with Crippen molar-refractivity contribution in [1.29, 1.82) is 0 Å². The van der Waals surface area contributed by atoms with E-state index >= 15 is 0 Å². The first-order valence-corrected chi connectivity index (χ1v) is 10.1. The van der Waals surface area contributed by atoms with E-state index in [0.717, 1.165) is 27.1 Å². The predicted octanol–water partition coefficient (Wildman–Crippen LogP) is 2.41. The number of fused-ring (bicyclic) bond motifs is 3. The Balaban J connectivity index is 1.57. The third-order valence-corrected chi connectivity index (χ3v) is 6.33. The first kappa shape index (κ1) is 18.8. The zero-order valence-corrected chi connectivity index (χ0v) is 16.7. The fourth-order valence-corrected chi connectivity index (χ4v) is 4.38. The highest BCUT2D eigenvalue weighted by Crippen LogP contribution is 2.37. The van der Waals surface area contributed by atoms with Crippen LogP contribution in [0.5, 0.6) is 0 Å². The van der Waals surface area contributed by atoms with Gasteiger partial charge < -0.3 is 10.1 Å². The Kier molecular flexibility index (Phi) is 4.99. The molecule has 0 fully saturated rings. The largest absolute Gasteiger partial charge is 0.369 e. The highest BCUT2D eigenvalue weighted by atomic mass is 32.1. The molecule has 1 aliphatic heterocycles. The number of ether oxygens (including phenoxy) is 1. The molecule has 0 bridgehead atoms. The van der Waals surface area contributed by atoms with Crippen LogP contribution in [0.2, 0.25) is 0 Å². The Morgan fingerprint density at radius 3 is 2.89 bits per heavy atom. The summed E-state index contributed by atoms with van der Waals surface area (Å²) in [4.78, 5) is 26.9. The fraction of sp³-hybridized carbons (Fsp3) is 0.400. The van der Waals surface area contributed by atoms with Gasteiger partial charge in [0.1, 0.15) is 6.54 Å². The molecule has 1 aromatic carbocycles. The molecule has 0 saturated carbocycles. The van der Waals surface area contributed by atoms with Crippen molar-refractivity contribution in [3.63, 3.8) is 0 Å². The molecule has 1 aliphatic rings. The van der Waals surface area contributed by atoms with Gasteiger partial charge in [0.25, 0.3) is 5.56 Å². The van der Waals surface area contributed by atoms with Crippen LogP contribution in [0.3, 0.4) is 0 Å². The molecule has 1 amide bonds. The number of hydrogen-bond acceptors (Lipinski definition) is 6. The number of carbonyl (C=O) groups excluding carboxylic acids is 1. The van der Waals surface area contributed by atoms with Crippen LogP contribution in [0, 0.1) is 0 Å². The van der Waals surface area contributed by atoms with Gasteiger partial charge in [-0.25, -0.2) is 4.68 Å². The molecule has 0 radical (unpaired) electrons. The van der Waals surface area contributed by atoms with Crippen LogP contribution in [0.15, 0.2) is 35.1 Å². The lowest BCUT2D eigenvalue weighted by Crippen LogP contribution is -2.36.